The second-order valence-corrected chi connectivity index (χ2v) is 20.8. The predicted molar refractivity (Wildman–Crippen MR) is 249 cm³/mol. The number of hydrogen-bond acceptors (Lipinski definition) is 6. The Morgan fingerprint density at radius 1 is 0.569 bits per heavy atom. The Hall–Kier alpha value is -2.22. The topological polar surface area (TPSA) is 58.2 Å². The lowest BCUT2D eigenvalue weighted by atomic mass is 9.58. The third-order valence-electron chi connectivity index (χ3n) is 14.0. The zero-order valence-electron chi connectivity index (χ0n) is 37.7. The Bertz CT molecular complexity index is 1610. The van der Waals surface area contributed by atoms with Gasteiger partial charge in [0.1, 0.15) is 12.1 Å². The molecule has 10 unspecified atom stereocenters. The van der Waals surface area contributed by atoms with Crippen LogP contribution in [0.3, 0.4) is 0 Å². The highest BCUT2D eigenvalue weighted by molar-refractivity contribution is 7.13. The average molecular weight is 827 g/mol. The summed E-state index contributed by atoms with van der Waals surface area (Å²) in [6.07, 6.45) is 23.2. The molecule has 1 saturated carbocycles. The Labute approximate surface area is 362 Å². The number of rotatable bonds is 22. The fraction of sp³-hybridized carbons (Fsp3) is 0.731. The van der Waals surface area contributed by atoms with Gasteiger partial charge in [-0.15, -0.1) is 22.7 Å². The number of Topliss-reactive ketones (excluding diaryl/α,β-unsaturated/α-hetero) is 2. The molecule has 0 bridgehead atoms. The molecule has 3 aliphatic rings. The number of ketones is 2. The SMILES string of the molecule is CCCCCCc1cc(C)sc1C#CC1NC2C(CC(CC)CCCC)C3C(=O)C(C#Cc4sc(C)cc4CCCCCC)NC3C(CC(CC)CCCC)C2C1=O. The van der Waals surface area contributed by atoms with Gasteiger partial charge in [0.05, 0.1) is 9.75 Å². The summed E-state index contributed by atoms with van der Waals surface area (Å²) in [4.78, 5) is 34.8. The van der Waals surface area contributed by atoms with E-state index < -0.39 is 12.1 Å². The molecule has 2 aromatic heterocycles. The van der Waals surface area contributed by atoms with Crippen LogP contribution in [0.5, 0.6) is 0 Å². The molecule has 4 heterocycles. The minimum absolute atomic E-state index is 0.0388. The number of nitrogens with one attached hydrogen (secondary N) is 2. The van der Waals surface area contributed by atoms with E-state index in [4.69, 9.17) is 0 Å². The molecule has 0 aromatic carbocycles. The van der Waals surface area contributed by atoms with E-state index in [1.807, 2.05) is 0 Å². The number of fused-ring (bicyclic) bond motifs is 2. The molecule has 3 fully saturated rings. The molecular formula is C52H78N2O2S2. The third-order valence-corrected chi connectivity index (χ3v) is 16.0. The maximum absolute atomic E-state index is 15.0. The highest BCUT2D eigenvalue weighted by Crippen LogP contribution is 2.50. The van der Waals surface area contributed by atoms with Crippen LogP contribution in [-0.2, 0) is 22.4 Å². The molecule has 2 aromatic rings. The zero-order valence-corrected chi connectivity index (χ0v) is 39.3. The first kappa shape index (κ1) is 46.8. The van der Waals surface area contributed by atoms with Gasteiger partial charge in [-0.1, -0.05) is 155 Å². The highest BCUT2D eigenvalue weighted by atomic mass is 32.1. The van der Waals surface area contributed by atoms with E-state index in [0.717, 1.165) is 48.3 Å². The van der Waals surface area contributed by atoms with Gasteiger partial charge in [0.2, 0.25) is 0 Å². The summed E-state index contributed by atoms with van der Waals surface area (Å²) in [6, 6.07) is 3.55. The van der Waals surface area contributed by atoms with Gasteiger partial charge in [-0.25, -0.2) is 0 Å². The summed E-state index contributed by atoms with van der Waals surface area (Å²) >= 11 is 3.54. The van der Waals surface area contributed by atoms with Gasteiger partial charge < -0.3 is 0 Å². The van der Waals surface area contributed by atoms with Crippen molar-refractivity contribution in [2.45, 2.75) is 208 Å². The molecule has 0 spiro atoms. The van der Waals surface area contributed by atoms with Crippen LogP contribution in [0.2, 0.25) is 0 Å². The van der Waals surface area contributed by atoms with Gasteiger partial charge in [0, 0.05) is 33.7 Å². The molecule has 0 amide bonds. The molecule has 10 atom stereocenters. The van der Waals surface area contributed by atoms with Crippen LogP contribution < -0.4 is 10.6 Å². The summed E-state index contributed by atoms with van der Waals surface area (Å²) in [5, 5.41) is 7.82. The van der Waals surface area contributed by atoms with Crippen molar-refractivity contribution in [2.75, 3.05) is 0 Å². The Morgan fingerprint density at radius 3 is 1.33 bits per heavy atom. The van der Waals surface area contributed by atoms with Crippen LogP contribution in [0.1, 0.15) is 188 Å². The standard InChI is InChI=1S/C52H78N2O2S2/c1-9-15-19-21-25-39-31-35(7)57-45(39)29-27-43-51(55)47-41(33-37(13-5)23-17-11-3)50-48(42(49(47)53-43)34-38(14-6)24-18-12-4)52(56)44(54-50)28-30-46-40(32-36(8)58-46)26-22-20-16-10-2/h31-32,37-38,41-44,47-50,53-54H,9-26,33-34H2,1-8H3. The van der Waals surface area contributed by atoms with E-state index in [1.165, 1.54) is 111 Å². The zero-order chi connectivity index (χ0) is 41.6. The summed E-state index contributed by atoms with van der Waals surface area (Å²) < 4.78 is 0. The van der Waals surface area contributed by atoms with Crippen molar-refractivity contribution in [3.8, 4) is 23.7 Å². The number of carbonyl (C=O) groups is 2. The molecule has 5 rings (SSSR count). The molecule has 4 nitrogen and oxygen atoms in total. The number of carbonyl (C=O) groups excluding carboxylic acids is 2. The van der Waals surface area contributed by atoms with Crippen molar-refractivity contribution in [2.24, 2.45) is 35.5 Å². The van der Waals surface area contributed by atoms with Crippen molar-refractivity contribution >= 4 is 34.2 Å². The van der Waals surface area contributed by atoms with Crippen LogP contribution in [-0.4, -0.2) is 35.7 Å². The molecule has 320 valence electrons. The van der Waals surface area contributed by atoms with Gasteiger partial charge in [-0.2, -0.15) is 0 Å². The van der Waals surface area contributed by atoms with Crippen LogP contribution in [0.4, 0.5) is 0 Å². The first-order valence-electron chi connectivity index (χ1n) is 24.0. The lowest BCUT2D eigenvalue weighted by Crippen LogP contribution is -2.57. The van der Waals surface area contributed by atoms with Gasteiger partial charge in [0.25, 0.3) is 0 Å². The minimum Gasteiger partial charge on any atom is -0.296 e. The lowest BCUT2D eigenvalue weighted by molar-refractivity contribution is -0.130. The molecule has 58 heavy (non-hydrogen) atoms. The summed E-state index contributed by atoms with van der Waals surface area (Å²) in [7, 11) is 0. The maximum Gasteiger partial charge on any atom is 0.166 e. The number of hydrogen-bond donors (Lipinski definition) is 2. The van der Waals surface area contributed by atoms with Crippen molar-refractivity contribution in [3.63, 3.8) is 0 Å². The van der Waals surface area contributed by atoms with E-state index in [2.05, 4.69) is 102 Å². The van der Waals surface area contributed by atoms with Crippen LogP contribution >= 0.6 is 22.7 Å². The fourth-order valence-corrected chi connectivity index (χ4v) is 12.5. The molecule has 6 heteroatoms. The van der Waals surface area contributed by atoms with Crippen molar-refractivity contribution in [3.05, 3.63) is 42.8 Å². The van der Waals surface area contributed by atoms with Gasteiger partial charge >= 0.3 is 0 Å². The van der Waals surface area contributed by atoms with Crippen molar-refractivity contribution in [1.29, 1.82) is 0 Å². The van der Waals surface area contributed by atoms with Crippen LogP contribution in [0, 0.1) is 73.0 Å². The second kappa shape index (κ2) is 23.7. The van der Waals surface area contributed by atoms with Gasteiger partial charge in [-0.3, -0.25) is 20.2 Å². The summed E-state index contributed by atoms with van der Waals surface area (Å²) in [5.74, 6) is 15.6. The van der Waals surface area contributed by atoms with E-state index in [-0.39, 0.29) is 47.3 Å². The monoisotopic (exact) mass is 827 g/mol. The third kappa shape index (κ3) is 12.0. The lowest BCUT2D eigenvalue weighted by Gasteiger charge is -2.47. The summed E-state index contributed by atoms with van der Waals surface area (Å²) in [5.41, 5.74) is 2.68. The molecule has 1 aliphatic carbocycles. The van der Waals surface area contributed by atoms with Crippen molar-refractivity contribution in [1.82, 2.24) is 10.6 Å². The first-order chi connectivity index (χ1) is 28.2. The molecule has 0 radical (unpaired) electrons. The maximum atomic E-state index is 15.0. The van der Waals surface area contributed by atoms with Gasteiger partial charge in [-0.05, 0) is 99.3 Å². The number of thiophene rings is 2. The minimum atomic E-state index is -0.496. The molecule has 2 aliphatic heterocycles. The van der Waals surface area contributed by atoms with Crippen molar-refractivity contribution < 1.29 is 9.59 Å². The van der Waals surface area contributed by atoms with E-state index >= 15 is 0 Å². The van der Waals surface area contributed by atoms with E-state index in [9.17, 15) is 9.59 Å². The van der Waals surface area contributed by atoms with Crippen LogP contribution in [0.25, 0.3) is 0 Å². The Morgan fingerprint density at radius 2 is 0.966 bits per heavy atom. The predicted octanol–water partition coefficient (Wildman–Crippen LogP) is 12.6. The first-order valence-corrected chi connectivity index (χ1v) is 25.6. The Balaban J connectivity index is 1.50. The largest absolute Gasteiger partial charge is 0.296 e. The van der Waals surface area contributed by atoms with Gasteiger partial charge in [0.15, 0.2) is 11.6 Å². The van der Waals surface area contributed by atoms with E-state index in [0.29, 0.717) is 11.8 Å². The number of aryl methyl sites for hydroxylation is 4. The van der Waals surface area contributed by atoms with E-state index in [1.54, 1.807) is 22.7 Å². The quantitative estimate of drug-likeness (QED) is 0.0917. The summed E-state index contributed by atoms with van der Waals surface area (Å²) in [6.45, 7) is 18.1. The second-order valence-electron chi connectivity index (χ2n) is 18.3. The normalized spacial score (nSPS) is 26.1. The molecule has 2 saturated heterocycles. The molecular weight excluding hydrogens is 749 g/mol. The fourth-order valence-electron chi connectivity index (χ4n) is 10.7. The Kier molecular flexibility index (Phi) is 19.1. The smallest absolute Gasteiger partial charge is 0.166 e. The average Bonchev–Trinajstić information content (AvgIpc) is 3.96. The molecule has 2 N–H and O–H groups in total. The highest BCUT2D eigenvalue weighted by Gasteiger charge is 2.62. The number of unbranched alkanes of at least 4 members (excludes halogenated alkanes) is 8. The van der Waals surface area contributed by atoms with Crippen LogP contribution in [0.15, 0.2) is 12.1 Å².